The van der Waals surface area contributed by atoms with Gasteiger partial charge in [-0.2, -0.15) is 0 Å². The molecule has 0 fully saturated rings. The van der Waals surface area contributed by atoms with Crippen molar-refractivity contribution in [3.05, 3.63) is 47.5 Å². The summed E-state index contributed by atoms with van der Waals surface area (Å²) in [6.45, 7) is 4.08. The molecule has 2 aromatic carbocycles. The van der Waals surface area contributed by atoms with Crippen LogP contribution in [0.25, 0.3) is 0 Å². The highest BCUT2D eigenvalue weighted by molar-refractivity contribution is 5.98. The second kappa shape index (κ2) is 15.2. The molecular formula is C26H36N4O7. The highest BCUT2D eigenvalue weighted by Gasteiger charge is 2.16. The molecule has 2 aromatic rings. The molecule has 0 atom stereocenters. The number of rotatable bonds is 15. The molecule has 3 amide bonds. The van der Waals surface area contributed by atoms with E-state index in [1.54, 1.807) is 0 Å². The van der Waals surface area contributed by atoms with Crippen molar-refractivity contribution >= 4 is 17.7 Å². The molecule has 0 bridgehead atoms. The number of para-hydroxylation sites is 2. The van der Waals surface area contributed by atoms with Crippen molar-refractivity contribution in [1.82, 2.24) is 20.9 Å². The van der Waals surface area contributed by atoms with Crippen molar-refractivity contribution in [2.45, 2.75) is 32.6 Å². The van der Waals surface area contributed by atoms with E-state index in [1.807, 2.05) is 4.90 Å². The number of carbonyl (C=O) groups excluding carboxylic acids is 3. The molecule has 0 heterocycles. The van der Waals surface area contributed by atoms with E-state index >= 15 is 0 Å². The lowest BCUT2D eigenvalue weighted by Crippen LogP contribution is -2.43. The Bertz CT molecular complexity index is 992. The normalized spacial score (nSPS) is 10.8. The third-order valence-electron chi connectivity index (χ3n) is 5.70. The van der Waals surface area contributed by atoms with Crippen LogP contribution in [0.4, 0.5) is 0 Å². The van der Waals surface area contributed by atoms with Gasteiger partial charge in [-0.3, -0.25) is 19.3 Å². The average molecular weight is 517 g/mol. The molecule has 11 heteroatoms. The van der Waals surface area contributed by atoms with Crippen LogP contribution in [-0.2, 0) is 4.79 Å². The van der Waals surface area contributed by atoms with Gasteiger partial charge in [-0.25, -0.2) is 0 Å². The largest absolute Gasteiger partial charge is 0.504 e. The van der Waals surface area contributed by atoms with Crippen molar-refractivity contribution in [1.29, 1.82) is 0 Å². The van der Waals surface area contributed by atoms with Crippen LogP contribution >= 0.6 is 0 Å². The van der Waals surface area contributed by atoms with E-state index in [9.17, 15) is 34.8 Å². The number of phenolic OH excluding ortho intramolecular Hbond substituents is 4. The van der Waals surface area contributed by atoms with Gasteiger partial charge >= 0.3 is 0 Å². The van der Waals surface area contributed by atoms with Gasteiger partial charge in [-0.05, 0) is 30.7 Å². The Hall–Kier alpha value is -3.99. The maximum atomic E-state index is 12.4. The summed E-state index contributed by atoms with van der Waals surface area (Å²) in [5.74, 6) is -2.92. The highest BCUT2D eigenvalue weighted by atomic mass is 16.3. The van der Waals surface area contributed by atoms with E-state index in [1.165, 1.54) is 36.4 Å². The number of nitrogens with zero attached hydrogens (tertiary/aromatic N) is 1. The molecule has 11 nitrogen and oxygen atoms in total. The summed E-state index contributed by atoms with van der Waals surface area (Å²) in [4.78, 5) is 38.7. The van der Waals surface area contributed by atoms with Crippen molar-refractivity contribution in [2.24, 2.45) is 0 Å². The Morgan fingerprint density at radius 1 is 0.703 bits per heavy atom. The molecule has 0 radical (unpaired) electrons. The van der Waals surface area contributed by atoms with Gasteiger partial charge in [0.15, 0.2) is 23.0 Å². The zero-order chi connectivity index (χ0) is 27.2. The maximum absolute atomic E-state index is 12.4. The van der Waals surface area contributed by atoms with Gasteiger partial charge in [0.1, 0.15) is 0 Å². The number of benzene rings is 2. The van der Waals surface area contributed by atoms with E-state index in [0.717, 1.165) is 19.3 Å². The summed E-state index contributed by atoms with van der Waals surface area (Å²) in [6, 6.07) is 8.23. The van der Waals surface area contributed by atoms with E-state index in [0.29, 0.717) is 32.6 Å². The molecule has 0 aliphatic carbocycles. The van der Waals surface area contributed by atoms with Crippen LogP contribution in [0.3, 0.4) is 0 Å². The molecule has 0 aromatic heterocycles. The number of amides is 3. The zero-order valence-electron chi connectivity index (χ0n) is 21.0. The standard InChI is InChI=1S/C26H36N4O7/c1-2-3-4-11-22(33)27-12-15-30(16-13-28-25(36)18-7-5-9-20(31)23(18)34)17-14-29-26(37)19-8-6-10-21(32)24(19)35/h5-10,31-32,34-35H,2-4,11-17H2,1H3,(H,27,33)(H,28,36)(H,29,37). The number of nitrogens with one attached hydrogen (secondary N) is 3. The third kappa shape index (κ3) is 9.53. The summed E-state index contributed by atoms with van der Waals surface area (Å²) in [5.41, 5.74) is -0.104. The number of unbranched alkanes of at least 4 members (excludes halogenated alkanes) is 2. The molecule has 0 aliphatic heterocycles. The van der Waals surface area contributed by atoms with Crippen LogP contribution < -0.4 is 16.0 Å². The molecule has 0 unspecified atom stereocenters. The number of hydrogen-bond acceptors (Lipinski definition) is 8. The molecule has 7 N–H and O–H groups in total. The molecule has 202 valence electrons. The van der Waals surface area contributed by atoms with Crippen LogP contribution in [0.2, 0.25) is 0 Å². The van der Waals surface area contributed by atoms with Gasteiger partial charge < -0.3 is 36.4 Å². The first-order valence-corrected chi connectivity index (χ1v) is 12.3. The minimum atomic E-state index is -0.551. The van der Waals surface area contributed by atoms with E-state index < -0.39 is 34.8 Å². The first kappa shape index (κ1) is 29.2. The average Bonchev–Trinajstić information content (AvgIpc) is 2.87. The summed E-state index contributed by atoms with van der Waals surface area (Å²) < 4.78 is 0. The van der Waals surface area contributed by atoms with Crippen LogP contribution in [-0.4, -0.2) is 82.3 Å². The summed E-state index contributed by atoms with van der Waals surface area (Å²) in [5, 5.41) is 47.2. The van der Waals surface area contributed by atoms with Gasteiger partial charge in [0, 0.05) is 45.7 Å². The second-order valence-electron chi connectivity index (χ2n) is 8.51. The van der Waals surface area contributed by atoms with Crippen LogP contribution in [0.5, 0.6) is 23.0 Å². The fourth-order valence-electron chi connectivity index (χ4n) is 3.59. The lowest BCUT2D eigenvalue weighted by molar-refractivity contribution is -0.121. The van der Waals surface area contributed by atoms with Crippen molar-refractivity contribution in [3.63, 3.8) is 0 Å². The van der Waals surface area contributed by atoms with E-state index in [2.05, 4.69) is 22.9 Å². The van der Waals surface area contributed by atoms with Gasteiger partial charge in [-0.1, -0.05) is 31.9 Å². The Balaban J connectivity index is 1.89. The topological polar surface area (TPSA) is 171 Å². The predicted octanol–water partition coefficient (Wildman–Crippen LogP) is 1.67. The van der Waals surface area contributed by atoms with E-state index in [4.69, 9.17) is 0 Å². The fraction of sp³-hybridized carbons (Fsp3) is 0.423. The number of aromatic hydroxyl groups is 4. The van der Waals surface area contributed by atoms with Crippen LogP contribution in [0.1, 0.15) is 53.3 Å². The Morgan fingerprint density at radius 3 is 1.62 bits per heavy atom. The molecular weight excluding hydrogens is 480 g/mol. The molecule has 0 saturated heterocycles. The predicted molar refractivity (Wildman–Crippen MR) is 138 cm³/mol. The van der Waals surface area contributed by atoms with Crippen molar-refractivity contribution < 1.29 is 34.8 Å². The maximum Gasteiger partial charge on any atom is 0.255 e. The van der Waals surface area contributed by atoms with Crippen molar-refractivity contribution in [3.8, 4) is 23.0 Å². The third-order valence-corrected chi connectivity index (χ3v) is 5.70. The summed E-state index contributed by atoms with van der Waals surface area (Å²) in [6.07, 6.45) is 3.30. The minimum absolute atomic E-state index is 0.0336. The Labute approximate surface area is 216 Å². The zero-order valence-corrected chi connectivity index (χ0v) is 21.0. The lowest BCUT2D eigenvalue weighted by Gasteiger charge is -2.23. The van der Waals surface area contributed by atoms with Crippen molar-refractivity contribution in [2.75, 3.05) is 39.3 Å². The second-order valence-corrected chi connectivity index (χ2v) is 8.51. The Morgan fingerprint density at radius 2 is 1.16 bits per heavy atom. The molecule has 2 rings (SSSR count). The lowest BCUT2D eigenvalue weighted by atomic mass is 10.1. The smallest absolute Gasteiger partial charge is 0.255 e. The quantitative estimate of drug-likeness (QED) is 0.138. The SMILES string of the molecule is CCCCCC(=O)NCCN(CCNC(=O)c1cccc(O)c1O)CCNC(=O)c1cccc(O)c1O. The summed E-state index contributed by atoms with van der Waals surface area (Å²) >= 11 is 0. The Kier molecular flexibility index (Phi) is 12.0. The molecule has 0 spiro atoms. The van der Waals surface area contributed by atoms with Crippen LogP contribution in [0.15, 0.2) is 36.4 Å². The molecule has 37 heavy (non-hydrogen) atoms. The van der Waals surface area contributed by atoms with Gasteiger partial charge in [-0.15, -0.1) is 0 Å². The monoisotopic (exact) mass is 516 g/mol. The van der Waals surface area contributed by atoms with E-state index in [-0.39, 0.29) is 30.1 Å². The van der Waals surface area contributed by atoms with Crippen LogP contribution in [0, 0.1) is 0 Å². The minimum Gasteiger partial charge on any atom is -0.504 e. The van der Waals surface area contributed by atoms with Gasteiger partial charge in [0.25, 0.3) is 11.8 Å². The first-order chi connectivity index (χ1) is 17.7. The molecule has 0 aliphatic rings. The fourth-order valence-corrected chi connectivity index (χ4v) is 3.59. The number of phenols is 4. The highest BCUT2D eigenvalue weighted by Crippen LogP contribution is 2.28. The number of carbonyl (C=O) groups is 3. The summed E-state index contributed by atoms with van der Waals surface area (Å²) in [7, 11) is 0. The van der Waals surface area contributed by atoms with Gasteiger partial charge in [0.2, 0.25) is 5.91 Å². The number of hydrogen-bond donors (Lipinski definition) is 7. The van der Waals surface area contributed by atoms with Gasteiger partial charge in [0.05, 0.1) is 11.1 Å². The molecule has 0 saturated carbocycles. The first-order valence-electron chi connectivity index (χ1n) is 12.3.